The van der Waals surface area contributed by atoms with E-state index in [1.165, 1.54) is 0 Å². The summed E-state index contributed by atoms with van der Waals surface area (Å²) in [6, 6.07) is 7.75. The largest absolute Gasteiger partial charge is 0.374 e. The van der Waals surface area contributed by atoms with Gasteiger partial charge in [0.2, 0.25) is 0 Å². The van der Waals surface area contributed by atoms with E-state index in [0.717, 1.165) is 17.2 Å². The molecule has 5 heteroatoms. The van der Waals surface area contributed by atoms with E-state index in [9.17, 15) is 0 Å². The zero-order valence-corrected chi connectivity index (χ0v) is 8.88. The molecular weight excluding hydrogens is 202 g/mol. The fourth-order valence-corrected chi connectivity index (χ4v) is 1.37. The number of rotatable bonds is 3. The van der Waals surface area contributed by atoms with E-state index < -0.39 is 0 Å². The Morgan fingerprint density at radius 1 is 1.50 bits per heavy atom. The van der Waals surface area contributed by atoms with E-state index in [-0.39, 0.29) is 0 Å². The van der Waals surface area contributed by atoms with E-state index in [0.29, 0.717) is 6.54 Å². The van der Waals surface area contributed by atoms with E-state index >= 15 is 0 Å². The first-order valence-corrected chi connectivity index (χ1v) is 4.84. The van der Waals surface area contributed by atoms with Crippen LogP contribution in [0.25, 0.3) is 5.69 Å². The number of hydrogen-bond donors (Lipinski definition) is 1. The molecule has 1 aromatic carbocycles. The molecule has 1 heterocycles. The van der Waals surface area contributed by atoms with E-state index in [4.69, 9.17) is 6.42 Å². The van der Waals surface area contributed by atoms with E-state index in [1.54, 1.807) is 4.68 Å². The van der Waals surface area contributed by atoms with Gasteiger partial charge in [-0.25, -0.2) is 0 Å². The lowest BCUT2D eigenvalue weighted by atomic mass is 10.2. The minimum Gasteiger partial charge on any atom is -0.374 e. The Balaban J connectivity index is 2.30. The second kappa shape index (κ2) is 4.45. The highest BCUT2D eigenvalue weighted by atomic mass is 15.5. The molecule has 0 radical (unpaired) electrons. The molecule has 0 unspecified atom stereocenters. The van der Waals surface area contributed by atoms with Crippen molar-refractivity contribution in [2.75, 3.05) is 11.9 Å². The second-order valence-corrected chi connectivity index (χ2v) is 3.25. The molecule has 0 aliphatic heterocycles. The first-order valence-electron chi connectivity index (χ1n) is 4.84. The van der Waals surface area contributed by atoms with Gasteiger partial charge >= 0.3 is 0 Å². The van der Waals surface area contributed by atoms with Gasteiger partial charge in [-0.2, -0.15) is 4.68 Å². The third-order valence-corrected chi connectivity index (χ3v) is 2.11. The summed E-state index contributed by atoms with van der Waals surface area (Å²) in [5, 5.41) is 14.4. The molecule has 80 valence electrons. The first kappa shape index (κ1) is 10.2. The van der Waals surface area contributed by atoms with Crippen LogP contribution in [0.2, 0.25) is 0 Å². The van der Waals surface area contributed by atoms with Crippen LogP contribution in [0.4, 0.5) is 5.69 Å². The quantitative estimate of drug-likeness (QED) is 0.773. The van der Waals surface area contributed by atoms with Gasteiger partial charge in [0.05, 0.1) is 12.2 Å². The minimum atomic E-state index is 0.498. The Kier molecular flexibility index (Phi) is 2.83. The lowest BCUT2D eigenvalue weighted by molar-refractivity contribution is 0.779. The van der Waals surface area contributed by atoms with Gasteiger partial charge in [0.15, 0.2) is 5.82 Å². The van der Waals surface area contributed by atoms with Crippen LogP contribution < -0.4 is 5.32 Å². The number of tetrazole rings is 1. The van der Waals surface area contributed by atoms with Gasteiger partial charge in [-0.15, -0.1) is 11.5 Å². The van der Waals surface area contributed by atoms with Crippen LogP contribution in [-0.2, 0) is 0 Å². The predicted octanol–water partition coefficient (Wildman–Crippen LogP) is 1.02. The maximum atomic E-state index is 5.18. The summed E-state index contributed by atoms with van der Waals surface area (Å²) in [5.74, 6) is 3.27. The summed E-state index contributed by atoms with van der Waals surface area (Å²) in [6.07, 6.45) is 5.18. The van der Waals surface area contributed by atoms with Crippen LogP contribution >= 0.6 is 0 Å². The molecule has 2 aromatic rings. The zero-order chi connectivity index (χ0) is 11.4. The van der Waals surface area contributed by atoms with Gasteiger partial charge in [0.25, 0.3) is 0 Å². The van der Waals surface area contributed by atoms with Crippen LogP contribution in [0.5, 0.6) is 0 Å². The number of anilines is 1. The summed E-state index contributed by atoms with van der Waals surface area (Å²) < 4.78 is 1.67. The number of hydrogen-bond acceptors (Lipinski definition) is 4. The van der Waals surface area contributed by atoms with Crippen LogP contribution in [0, 0.1) is 19.3 Å². The van der Waals surface area contributed by atoms with Crippen molar-refractivity contribution in [3.05, 3.63) is 30.1 Å². The van der Waals surface area contributed by atoms with Crippen molar-refractivity contribution >= 4 is 5.69 Å². The van der Waals surface area contributed by atoms with Gasteiger partial charge in [-0.05, 0) is 35.5 Å². The first-order chi connectivity index (χ1) is 7.81. The topological polar surface area (TPSA) is 55.6 Å². The normalized spacial score (nSPS) is 9.75. The van der Waals surface area contributed by atoms with Gasteiger partial charge in [-0.3, -0.25) is 0 Å². The van der Waals surface area contributed by atoms with Gasteiger partial charge < -0.3 is 5.32 Å². The molecule has 0 spiro atoms. The predicted molar refractivity (Wildman–Crippen MR) is 61.2 cm³/mol. The molecule has 0 bridgehead atoms. The number of benzene rings is 1. The number of aryl methyl sites for hydroxylation is 1. The smallest absolute Gasteiger partial charge is 0.153 e. The average molecular weight is 213 g/mol. The molecule has 16 heavy (non-hydrogen) atoms. The van der Waals surface area contributed by atoms with Crippen LogP contribution in [-0.4, -0.2) is 26.8 Å². The summed E-state index contributed by atoms with van der Waals surface area (Å²) >= 11 is 0. The molecule has 1 aromatic heterocycles. The van der Waals surface area contributed by atoms with Crippen molar-refractivity contribution < 1.29 is 0 Å². The van der Waals surface area contributed by atoms with Crippen molar-refractivity contribution in [3.8, 4) is 18.0 Å². The summed E-state index contributed by atoms with van der Waals surface area (Å²) in [6.45, 7) is 2.35. The number of nitrogens with one attached hydrogen (secondary N) is 1. The maximum Gasteiger partial charge on any atom is 0.153 e. The van der Waals surface area contributed by atoms with Crippen molar-refractivity contribution in [3.63, 3.8) is 0 Å². The van der Waals surface area contributed by atoms with Crippen molar-refractivity contribution in [1.29, 1.82) is 0 Å². The van der Waals surface area contributed by atoms with Crippen molar-refractivity contribution in [2.24, 2.45) is 0 Å². The summed E-state index contributed by atoms with van der Waals surface area (Å²) in [7, 11) is 0. The minimum absolute atomic E-state index is 0.498. The van der Waals surface area contributed by atoms with Crippen molar-refractivity contribution in [1.82, 2.24) is 20.2 Å². The highest BCUT2D eigenvalue weighted by Crippen LogP contribution is 2.13. The zero-order valence-electron chi connectivity index (χ0n) is 8.88. The fraction of sp³-hybridized carbons (Fsp3) is 0.182. The van der Waals surface area contributed by atoms with Crippen molar-refractivity contribution in [2.45, 2.75) is 6.92 Å². The van der Waals surface area contributed by atoms with Gasteiger partial charge in [-0.1, -0.05) is 12.0 Å². The fourth-order valence-electron chi connectivity index (χ4n) is 1.37. The third kappa shape index (κ3) is 2.01. The molecule has 0 aliphatic carbocycles. The standard InChI is InChI=1S/C11H11N5/c1-3-7-12-10-5-4-6-11(8-10)16-9(2)13-14-15-16/h1,4-6,8,12H,7H2,2H3. The molecule has 0 amide bonds. The van der Waals surface area contributed by atoms with Gasteiger partial charge in [0.1, 0.15) is 0 Å². The third-order valence-electron chi connectivity index (χ3n) is 2.11. The molecule has 0 saturated carbocycles. The Hall–Kier alpha value is -2.35. The SMILES string of the molecule is C#CCNc1cccc(-n2nnnc2C)c1. The summed E-state index contributed by atoms with van der Waals surface area (Å²) in [4.78, 5) is 0. The molecule has 5 nitrogen and oxygen atoms in total. The number of aromatic nitrogens is 4. The van der Waals surface area contributed by atoms with Crippen LogP contribution in [0.15, 0.2) is 24.3 Å². The Morgan fingerprint density at radius 3 is 3.06 bits per heavy atom. The maximum absolute atomic E-state index is 5.18. The van der Waals surface area contributed by atoms with Crippen LogP contribution in [0.3, 0.4) is 0 Å². The van der Waals surface area contributed by atoms with E-state index in [2.05, 4.69) is 26.8 Å². The molecule has 0 aliphatic rings. The monoisotopic (exact) mass is 213 g/mol. The Bertz CT molecular complexity index is 523. The lowest BCUT2D eigenvalue weighted by Crippen LogP contribution is -2.02. The molecule has 1 N–H and O–H groups in total. The molecular formula is C11H11N5. The molecule has 0 saturated heterocycles. The molecule has 0 atom stereocenters. The Labute approximate surface area is 93.5 Å². The average Bonchev–Trinajstić information content (AvgIpc) is 2.73. The highest BCUT2D eigenvalue weighted by molar-refractivity contribution is 5.51. The lowest BCUT2D eigenvalue weighted by Gasteiger charge is -2.05. The van der Waals surface area contributed by atoms with E-state index in [1.807, 2.05) is 31.2 Å². The highest BCUT2D eigenvalue weighted by Gasteiger charge is 2.03. The molecule has 2 rings (SSSR count). The number of terminal acetylenes is 1. The molecule has 0 fully saturated rings. The number of nitrogens with zero attached hydrogens (tertiary/aromatic N) is 4. The Morgan fingerprint density at radius 2 is 2.38 bits per heavy atom. The van der Waals surface area contributed by atoms with Gasteiger partial charge in [0, 0.05) is 5.69 Å². The van der Waals surface area contributed by atoms with Crippen LogP contribution in [0.1, 0.15) is 5.82 Å². The second-order valence-electron chi connectivity index (χ2n) is 3.25. The summed E-state index contributed by atoms with van der Waals surface area (Å²) in [5.41, 5.74) is 1.86.